The molecule has 0 saturated heterocycles. The zero-order chi connectivity index (χ0) is 15.1. The molecule has 2 rings (SSSR count). The molecule has 0 fully saturated rings. The van der Waals surface area contributed by atoms with Crippen LogP contribution in [0, 0.1) is 6.92 Å². The molecule has 1 aliphatic heterocycles. The van der Waals surface area contributed by atoms with Crippen molar-refractivity contribution >= 4 is 5.69 Å². The Morgan fingerprint density at radius 2 is 2.00 bits per heavy atom. The van der Waals surface area contributed by atoms with E-state index in [9.17, 15) is 0 Å². The van der Waals surface area contributed by atoms with Gasteiger partial charge in [0.2, 0.25) is 0 Å². The Hall–Kier alpha value is -1.22. The number of ether oxygens (including phenoxy) is 1. The van der Waals surface area contributed by atoms with Crippen molar-refractivity contribution in [3.63, 3.8) is 0 Å². The quantitative estimate of drug-likeness (QED) is 0.830. The summed E-state index contributed by atoms with van der Waals surface area (Å²) >= 11 is 0. The van der Waals surface area contributed by atoms with Crippen molar-refractivity contribution in [1.29, 1.82) is 0 Å². The van der Waals surface area contributed by atoms with E-state index in [1.165, 1.54) is 22.3 Å². The maximum atomic E-state index is 9.16. The molecule has 0 spiro atoms. The second-order valence-corrected chi connectivity index (χ2v) is 6.76. The van der Waals surface area contributed by atoms with Gasteiger partial charge in [0.15, 0.2) is 0 Å². The minimum absolute atomic E-state index is 0.164. The largest absolute Gasteiger partial charge is 0.487 e. The monoisotopic (exact) mass is 277 g/mol. The second kappa shape index (κ2) is 5.28. The first-order valence-corrected chi connectivity index (χ1v) is 7.52. The molecule has 0 saturated carbocycles. The van der Waals surface area contributed by atoms with Crippen LogP contribution in [0.5, 0.6) is 5.75 Å². The third-order valence-electron chi connectivity index (χ3n) is 4.16. The van der Waals surface area contributed by atoms with Gasteiger partial charge < -0.3 is 15.6 Å². The topological polar surface area (TPSA) is 55.5 Å². The van der Waals surface area contributed by atoms with Crippen molar-refractivity contribution in [2.75, 3.05) is 12.3 Å². The Morgan fingerprint density at radius 3 is 2.55 bits per heavy atom. The molecule has 3 N–H and O–H groups in total. The van der Waals surface area contributed by atoms with E-state index in [2.05, 4.69) is 34.6 Å². The summed E-state index contributed by atoms with van der Waals surface area (Å²) in [6, 6.07) is 0. The zero-order valence-electron chi connectivity index (χ0n) is 13.3. The molecule has 1 aromatic carbocycles. The molecule has 3 nitrogen and oxygen atoms in total. The lowest BCUT2D eigenvalue weighted by Gasteiger charge is -2.22. The van der Waals surface area contributed by atoms with E-state index in [1.54, 1.807) is 0 Å². The van der Waals surface area contributed by atoms with Crippen molar-refractivity contribution in [1.82, 2.24) is 0 Å². The first kappa shape index (κ1) is 15.2. The molecular formula is C17H27NO2. The number of aliphatic hydroxyl groups is 1. The standard InChI is InChI=1S/C17H27NO2/c1-10(2)14-12(7-6-8-19)16-13(11(3)15(14)18)9-17(4,5)20-16/h10,19H,6-9,18H2,1-5H3. The molecule has 0 radical (unpaired) electrons. The average molecular weight is 277 g/mol. The summed E-state index contributed by atoms with van der Waals surface area (Å²) in [5.41, 5.74) is 12.0. The summed E-state index contributed by atoms with van der Waals surface area (Å²) in [5.74, 6) is 1.39. The summed E-state index contributed by atoms with van der Waals surface area (Å²) in [7, 11) is 0. The molecule has 1 aromatic rings. The van der Waals surface area contributed by atoms with E-state index < -0.39 is 0 Å². The predicted octanol–water partition coefficient (Wildman–Crippen LogP) is 3.34. The highest BCUT2D eigenvalue weighted by Crippen LogP contribution is 2.46. The Morgan fingerprint density at radius 1 is 1.35 bits per heavy atom. The van der Waals surface area contributed by atoms with Gasteiger partial charge in [-0.1, -0.05) is 13.8 Å². The Kier molecular flexibility index (Phi) is 4.01. The van der Waals surface area contributed by atoms with Gasteiger partial charge in [0, 0.05) is 29.8 Å². The third-order valence-corrected chi connectivity index (χ3v) is 4.16. The third kappa shape index (κ3) is 2.51. The van der Waals surface area contributed by atoms with Gasteiger partial charge in [-0.25, -0.2) is 0 Å². The fourth-order valence-corrected chi connectivity index (χ4v) is 3.24. The lowest BCUT2D eigenvalue weighted by Crippen LogP contribution is -2.25. The molecule has 0 atom stereocenters. The lowest BCUT2D eigenvalue weighted by atomic mass is 9.86. The molecule has 0 aliphatic carbocycles. The molecule has 3 heteroatoms. The molecule has 0 unspecified atom stereocenters. The molecule has 1 heterocycles. The average Bonchev–Trinajstić information content (AvgIpc) is 2.67. The summed E-state index contributed by atoms with van der Waals surface area (Å²) in [4.78, 5) is 0. The van der Waals surface area contributed by atoms with Crippen LogP contribution in [-0.4, -0.2) is 17.3 Å². The lowest BCUT2D eigenvalue weighted by molar-refractivity contribution is 0.137. The maximum Gasteiger partial charge on any atom is 0.127 e. The molecule has 0 bridgehead atoms. The summed E-state index contributed by atoms with van der Waals surface area (Å²) in [6.45, 7) is 10.9. The number of fused-ring (bicyclic) bond motifs is 1. The number of hydrogen-bond acceptors (Lipinski definition) is 3. The summed E-state index contributed by atoms with van der Waals surface area (Å²) in [6.07, 6.45) is 2.48. The number of nitrogens with two attached hydrogens (primary N) is 1. The number of anilines is 1. The molecule has 1 aliphatic rings. The highest BCUT2D eigenvalue weighted by molar-refractivity contribution is 5.68. The van der Waals surface area contributed by atoms with Crippen LogP contribution in [-0.2, 0) is 12.8 Å². The molecular weight excluding hydrogens is 250 g/mol. The van der Waals surface area contributed by atoms with Crippen molar-refractivity contribution in [2.45, 2.75) is 65.4 Å². The van der Waals surface area contributed by atoms with E-state index in [1.807, 2.05) is 0 Å². The van der Waals surface area contributed by atoms with E-state index in [0.717, 1.165) is 30.7 Å². The summed E-state index contributed by atoms with van der Waals surface area (Å²) in [5, 5.41) is 9.16. The van der Waals surface area contributed by atoms with E-state index >= 15 is 0 Å². The molecule has 20 heavy (non-hydrogen) atoms. The highest BCUT2D eigenvalue weighted by atomic mass is 16.5. The minimum Gasteiger partial charge on any atom is -0.487 e. The predicted molar refractivity (Wildman–Crippen MR) is 83.5 cm³/mol. The smallest absolute Gasteiger partial charge is 0.127 e. The van der Waals surface area contributed by atoms with Crippen molar-refractivity contribution in [3.05, 3.63) is 22.3 Å². The van der Waals surface area contributed by atoms with E-state index in [4.69, 9.17) is 15.6 Å². The minimum atomic E-state index is -0.164. The zero-order valence-corrected chi connectivity index (χ0v) is 13.3. The molecule has 0 aromatic heterocycles. The Balaban J connectivity index is 2.64. The van der Waals surface area contributed by atoms with Gasteiger partial charge in [0.25, 0.3) is 0 Å². The van der Waals surface area contributed by atoms with Gasteiger partial charge in [-0.3, -0.25) is 0 Å². The van der Waals surface area contributed by atoms with Crippen LogP contribution in [0.2, 0.25) is 0 Å². The van der Waals surface area contributed by atoms with Crippen LogP contribution in [0.15, 0.2) is 0 Å². The number of nitrogen functional groups attached to an aromatic ring is 1. The first-order valence-electron chi connectivity index (χ1n) is 7.52. The fourth-order valence-electron chi connectivity index (χ4n) is 3.24. The summed E-state index contributed by atoms with van der Waals surface area (Å²) < 4.78 is 6.21. The SMILES string of the molecule is Cc1c(N)c(C(C)C)c(CCCO)c2c1CC(C)(C)O2. The van der Waals surface area contributed by atoms with Crippen LogP contribution < -0.4 is 10.5 Å². The number of benzene rings is 1. The van der Waals surface area contributed by atoms with Crippen LogP contribution >= 0.6 is 0 Å². The van der Waals surface area contributed by atoms with Crippen LogP contribution in [0.3, 0.4) is 0 Å². The Labute approximate surface area is 122 Å². The second-order valence-electron chi connectivity index (χ2n) is 6.76. The van der Waals surface area contributed by atoms with Crippen LogP contribution in [0.1, 0.15) is 62.3 Å². The van der Waals surface area contributed by atoms with Gasteiger partial charge >= 0.3 is 0 Å². The Bertz CT molecular complexity index is 518. The van der Waals surface area contributed by atoms with Crippen molar-refractivity contribution in [3.8, 4) is 5.75 Å². The number of rotatable bonds is 4. The number of hydrogen-bond donors (Lipinski definition) is 2. The number of aliphatic hydroxyl groups excluding tert-OH is 1. The van der Waals surface area contributed by atoms with Crippen molar-refractivity contribution < 1.29 is 9.84 Å². The van der Waals surface area contributed by atoms with Gasteiger partial charge in [-0.15, -0.1) is 0 Å². The van der Waals surface area contributed by atoms with E-state index in [0.29, 0.717) is 5.92 Å². The fraction of sp³-hybridized carbons (Fsp3) is 0.647. The normalized spacial score (nSPS) is 16.4. The van der Waals surface area contributed by atoms with Gasteiger partial charge in [-0.2, -0.15) is 0 Å². The van der Waals surface area contributed by atoms with Crippen LogP contribution in [0.4, 0.5) is 5.69 Å². The first-order chi connectivity index (χ1) is 9.28. The van der Waals surface area contributed by atoms with Crippen molar-refractivity contribution in [2.24, 2.45) is 0 Å². The molecule has 112 valence electrons. The van der Waals surface area contributed by atoms with Crippen LogP contribution in [0.25, 0.3) is 0 Å². The van der Waals surface area contributed by atoms with Gasteiger partial charge in [0.05, 0.1) is 0 Å². The van der Waals surface area contributed by atoms with Gasteiger partial charge in [0.1, 0.15) is 11.4 Å². The molecule has 0 amide bonds. The van der Waals surface area contributed by atoms with Gasteiger partial charge in [-0.05, 0) is 50.7 Å². The maximum absolute atomic E-state index is 9.16. The highest BCUT2D eigenvalue weighted by Gasteiger charge is 2.35. The van der Waals surface area contributed by atoms with E-state index in [-0.39, 0.29) is 12.2 Å².